The molecule has 1 aliphatic rings. The summed E-state index contributed by atoms with van der Waals surface area (Å²) in [6.45, 7) is 1.38. The highest BCUT2D eigenvalue weighted by atomic mass is 35.5. The number of esters is 1. The van der Waals surface area contributed by atoms with E-state index in [1.807, 2.05) is 18.2 Å². The van der Waals surface area contributed by atoms with Gasteiger partial charge in [0.1, 0.15) is 0 Å². The minimum absolute atomic E-state index is 0.203. The summed E-state index contributed by atoms with van der Waals surface area (Å²) in [4.78, 5) is 11.5. The molecule has 80 valence electrons. The minimum Gasteiger partial charge on any atom is -0.469 e. The molecule has 4 heteroatoms. The number of ether oxygens (including phenoxy) is 1. The fourth-order valence-corrected chi connectivity index (χ4v) is 2.08. The smallest absolute Gasteiger partial charge is 0.314 e. The van der Waals surface area contributed by atoms with Gasteiger partial charge in [0.25, 0.3) is 0 Å². The van der Waals surface area contributed by atoms with Gasteiger partial charge in [-0.3, -0.25) is 4.79 Å². The van der Waals surface area contributed by atoms with Gasteiger partial charge in [0.05, 0.1) is 13.0 Å². The molecule has 2 rings (SSSR count). The number of methoxy groups -OCH3 is 1. The lowest BCUT2D eigenvalue weighted by Gasteiger charge is -2.24. The predicted octanol–water partition coefficient (Wildman–Crippen LogP) is 1.70. The predicted molar refractivity (Wildman–Crippen MR) is 57.9 cm³/mol. The number of nitrogens with one attached hydrogen (secondary N) is 1. The van der Waals surface area contributed by atoms with E-state index in [9.17, 15) is 4.79 Å². The van der Waals surface area contributed by atoms with Crippen LogP contribution in [-0.4, -0.2) is 19.6 Å². The number of hydrogen-bond acceptors (Lipinski definition) is 3. The first-order valence-electron chi connectivity index (χ1n) is 4.79. The fraction of sp³-hybridized carbons (Fsp3) is 0.364. The molecule has 3 nitrogen and oxygen atoms in total. The van der Waals surface area contributed by atoms with Crippen molar-refractivity contribution in [1.82, 2.24) is 5.32 Å². The van der Waals surface area contributed by atoms with Gasteiger partial charge >= 0.3 is 5.97 Å². The molecule has 0 unspecified atom stereocenters. The second-order valence-corrected chi connectivity index (χ2v) is 3.99. The number of carbonyl (C=O) groups is 1. The average molecular weight is 226 g/mol. The summed E-state index contributed by atoms with van der Waals surface area (Å²) >= 11 is 5.89. The van der Waals surface area contributed by atoms with E-state index in [4.69, 9.17) is 16.3 Å². The summed E-state index contributed by atoms with van der Waals surface area (Å²) < 4.78 is 4.76. The first-order valence-corrected chi connectivity index (χ1v) is 5.17. The monoisotopic (exact) mass is 225 g/mol. The van der Waals surface area contributed by atoms with Crippen molar-refractivity contribution in [2.75, 3.05) is 13.7 Å². The number of rotatable bonds is 1. The zero-order valence-corrected chi connectivity index (χ0v) is 9.17. The lowest BCUT2D eigenvalue weighted by Crippen LogP contribution is -2.33. The van der Waals surface area contributed by atoms with E-state index in [0.717, 1.165) is 17.7 Å². The van der Waals surface area contributed by atoms with E-state index in [-0.39, 0.29) is 11.9 Å². The van der Waals surface area contributed by atoms with Gasteiger partial charge in [0.2, 0.25) is 0 Å². The topological polar surface area (TPSA) is 38.3 Å². The van der Waals surface area contributed by atoms with Gasteiger partial charge in [-0.2, -0.15) is 0 Å². The van der Waals surface area contributed by atoms with Gasteiger partial charge in [-0.05, 0) is 23.3 Å². The Morgan fingerprint density at radius 1 is 1.60 bits per heavy atom. The van der Waals surface area contributed by atoms with Crippen molar-refractivity contribution in [3.63, 3.8) is 0 Å². The SMILES string of the molecule is COC(=O)[C@@H]1CNCc2cc(Cl)ccc21. The highest BCUT2D eigenvalue weighted by molar-refractivity contribution is 6.30. The van der Waals surface area contributed by atoms with Crippen LogP contribution in [0.3, 0.4) is 0 Å². The average Bonchev–Trinajstić information content (AvgIpc) is 2.26. The van der Waals surface area contributed by atoms with Crippen molar-refractivity contribution in [3.8, 4) is 0 Å². The Balaban J connectivity index is 2.38. The third kappa shape index (κ3) is 1.98. The molecule has 1 aliphatic heterocycles. The molecule has 1 aromatic rings. The van der Waals surface area contributed by atoms with Crippen LogP contribution >= 0.6 is 11.6 Å². The third-order valence-corrected chi connectivity index (χ3v) is 2.87. The maximum atomic E-state index is 11.5. The van der Waals surface area contributed by atoms with Gasteiger partial charge in [0, 0.05) is 18.1 Å². The van der Waals surface area contributed by atoms with Crippen molar-refractivity contribution in [2.45, 2.75) is 12.5 Å². The molecule has 0 aliphatic carbocycles. The molecule has 0 saturated carbocycles. The fourth-order valence-electron chi connectivity index (χ4n) is 1.88. The molecule has 0 radical (unpaired) electrons. The lowest BCUT2D eigenvalue weighted by atomic mass is 9.91. The molecular formula is C11H12ClNO2. The van der Waals surface area contributed by atoms with Crippen LogP contribution in [0.1, 0.15) is 17.0 Å². The molecule has 15 heavy (non-hydrogen) atoms. The van der Waals surface area contributed by atoms with E-state index in [2.05, 4.69) is 5.32 Å². The molecule has 0 spiro atoms. The van der Waals surface area contributed by atoms with Crippen LogP contribution in [0.5, 0.6) is 0 Å². The Bertz CT molecular complexity index is 392. The summed E-state index contributed by atoms with van der Waals surface area (Å²) in [6.07, 6.45) is 0. The summed E-state index contributed by atoms with van der Waals surface area (Å²) in [5.74, 6) is -0.415. The Kier molecular flexibility index (Phi) is 2.93. The standard InChI is InChI=1S/C11H12ClNO2/c1-15-11(14)10-6-13-5-7-4-8(12)2-3-9(7)10/h2-4,10,13H,5-6H2,1H3/t10-/m1/s1. The van der Waals surface area contributed by atoms with E-state index >= 15 is 0 Å². The molecule has 0 saturated heterocycles. The quantitative estimate of drug-likeness (QED) is 0.740. The maximum absolute atomic E-state index is 11.5. The highest BCUT2D eigenvalue weighted by Gasteiger charge is 2.26. The molecule has 0 fully saturated rings. The molecule has 0 aromatic heterocycles. The Hall–Kier alpha value is -1.06. The Labute approximate surface area is 93.4 Å². The van der Waals surface area contributed by atoms with Crippen LogP contribution < -0.4 is 5.32 Å². The zero-order valence-electron chi connectivity index (χ0n) is 8.42. The van der Waals surface area contributed by atoms with Crippen molar-refractivity contribution in [3.05, 3.63) is 34.3 Å². The molecule has 0 bridgehead atoms. The summed E-state index contributed by atoms with van der Waals surface area (Å²) in [6, 6.07) is 5.60. The second kappa shape index (κ2) is 4.21. The second-order valence-electron chi connectivity index (χ2n) is 3.55. The third-order valence-electron chi connectivity index (χ3n) is 2.63. The first kappa shape index (κ1) is 10.5. The summed E-state index contributed by atoms with van der Waals surface area (Å²) in [7, 11) is 1.41. The molecule has 1 aromatic carbocycles. The molecule has 1 N–H and O–H groups in total. The number of fused-ring (bicyclic) bond motifs is 1. The molecule has 1 heterocycles. The Morgan fingerprint density at radius 2 is 2.40 bits per heavy atom. The van der Waals surface area contributed by atoms with Crippen LogP contribution in [0.4, 0.5) is 0 Å². The summed E-state index contributed by atoms with van der Waals surface area (Å²) in [5.41, 5.74) is 2.09. The number of carbonyl (C=O) groups excluding carboxylic acids is 1. The van der Waals surface area contributed by atoms with Gasteiger partial charge in [0.15, 0.2) is 0 Å². The van der Waals surface area contributed by atoms with Crippen molar-refractivity contribution in [2.24, 2.45) is 0 Å². The van der Waals surface area contributed by atoms with Crippen LogP contribution in [-0.2, 0) is 16.1 Å². The normalized spacial score (nSPS) is 19.5. The molecule has 1 atom stereocenters. The van der Waals surface area contributed by atoms with Crippen LogP contribution in [0.25, 0.3) is 0 Å². The van der Waals surface area contributed by atoms with Crippen molar-refractivity contribution in [1.29, 1.82) is 0 Å². The van der Waals surface area contributed by atoms with Crippen LogP contribution in [0.2, 0.25) is 5.02 Å². The van der Waals surface area contributed by atoms with Crippen molar-refractivity contribution >= 4 is 17.6 Å². The molecule has 0 amide bonds. The van der Waals surface area contributed by atoms with Crippen molar-refractivity contribution < 1.29 is 9.53 Å². The minimum atomic E-state index is -0.212. The largest absolute Gasteiger partial charge is 0.469 e. The highest BCUT2D eigenvalue weighted by Crippen LogP contribution is 2.27. The van der Waals surface area contributed by atoms with E-state index in [1.54, 1.807) is 0 Å². The first-order chi connectivity index (χ1) is 7.22. The van der Waals surface area contributed by atoms with Crippen LogP contribution in [0.15, 0.2) is 18.2 Å². The maximum Gasteiger partial charge on any atom is 0.314 e. The van der Waals surface area contributed by atoms with Gasteiger partial charge in [-0.15, -0.1) is 0 Å². The van der Waals surface area contributed by atoms with Gasteiger partial charge in [-0.25, -0.2) is 0 Å². The zero-order chi connectivity index (χ0) is 10.8. The van der Waals surface area contributed by atoms with Gasteiger partial charge < -0.3 is 10.1 Å². The number of benzene rings is 1. The van der Waals surface area contributed by atoms with E-state index in [1.165, 1.54) is 7.11 Å². The van der Waals surface area contributed by atoms with Crippen LogP contribution in [0, 0.1) is 0 Å². The number of halogens is 1. The number of hydrogen-bond donors (Lipinski definition) is 1. The van der Waals surface area contributed by atoms with E-state index < -0.39 is 0 Å². The van der Waals surface area contributed by atoms with E-state index in [0.29, 0.717) is 11.6 Å². The summed E-state index contributed by atoms with van der Waals surface area (Å²) in [5, 5.41) is 3.87. The lowest BCUT2D eigenvalue weighted by molar-refractivity contribution is -0.142. The Morgan fingerprint density at radius 3 is 3.13 bits per heavy atom. The molecular weight excluding hydrogens is 214 g/mol. The van der Waals surface area contributed by atoms with Gasteiger partial charge in [-0.1, -0.05) is 17.7 Å².